The Morgan fingerprint density at radius 3 is 2.94 bits per heavy atom. The molecule has 0 spiro atoms. The second kappa shape index (κ2) is 4.85. The molecule has 1 aromatic heterocycles. The van der Waals surface area contributed by atoms with Crippen LogP contribution in [0, 0.1) is 18.3 Å². The normalized spacial score (nSPS) is 9.94. The number of aryl methyl sites for hydroxylation is 1. The summed E-state index contributed by atoms with van der Waals surface area (Å²) < 4.78 is 10.6. The van der Waals surface area contributed by atoms with Crippen LogP contribution in [0.2, 0.25) is 5.02 Å². The van der Waals surface area contributed by atoms with E-state index in [0.29, 0.717) is 28.1 Å². The molecular formula is C11H8ClN3O2. The highest BCUT2D eigenvalue weighted by molar-refractivity contribution is 6.31. The minimum atomic E-state index is 0.107. The van der Waals surface area contributed by atoms with Crippen LogP contribution in [0.4, 0.5) is 0 Å². The largest absolute Gasteiger partial charge is 0.482 e. The predicted molar refractivity (Wildman–Crippen MR) is 59.5 cm³/mol. The Hall–Kier alpha value is -2.06. The zero-order valence-electron chi connectivity index (χ0n) is 8.98. The van der Waals surface area contributed by atoms with Gasteiger partial charge in [-0.2, -0.15) is 5.26 Å². The first kappa shape index (κ1) is 11.4. The monoisotopic (exact) mass is 249 g/mol. The van der Waals surface area contributed by atoms with Crippen LogP contribution in [-0.2, 0) is 6.61 Å². The van der Waals surface area contributed by atoms with Crippen LogP contribution in [0.1, 0.15) is 17.3 Å². The van der Waals surface area contributed by atoms with Gasteiger partial charge >= 0.3 is 0 Å². The molecule has 1 heterocycles. The highest BCUT2D eigenvalue weighted by atomic mass is 35.5. The summed E-state index contributed by atoms with van der Waals surface area (Å²) in [6.07, 6.45) is 0. The van der Waals surface area contributed by atoms with Gasteiger partial charge in [-0.1, -0.05) is 17.7 Å². The molecule has 0 amide bonds. The molecule has 86 valence electrons. The summed E-state index contributed by atoms with van der Waals surface area (Å²) in [5, 5.41) is 16.7. The second-order valence-electron chi connectivity index (χ2n) is 3.23. The zero-order valence-corrected chi connectivity index (χ0v) is 9.73. The van der Waals surface area contributed by atoms with E-state index in [1.165, 1.54) is 0 Å². The maximum Gasteiger partial charge on any atom is 0.253 e. The van der Waals surface area contributed by atoms with Crippen LogP contribution in [0.3, 0.4) is 0 Å². The number of aromatic nitrogens is 2. The fraction of sp³-hybridized carbons (Fsp3) is 0.182. The summed E-state index contributed by atoms with van der Waals surface area (Å²) in [5.74, 6) is 1.22. The molecular weight excluding hydrogens is 242 g/mol. The number of nitriles is 1. The first-order valence-electron chi connectivity index (χ1n) is 4.81. The Kier molecular flexibility index (Phi) is 3.26. The van der Waals surface area contributed by atoms with Crippen molar-refractivity contribution < 1.29 is 9.15 Å². The van der Waals surface area contributed by atoms with Gasteiger partial charge in [-0.3, -0.25) is 0 Å². The number of halogens is 1. The summed E-state index contributed by atoms with van der Waals surface area (Å²) in [4.78, 5) is 0. The van der Waals surface area contributed by atoms with E-state index in [9.17, 15) is 0 Å². The summed E-state index contributed by atoms with van der Waals surface area (Å²) in [6.45, 7) is 1.80. The Bertz CT molecular complexity index is 574. The molecule has 5 nitrogen and oxygen atoms in total. The molecule has 0 N–H and O–H groups in total. The average Bonchev–Trinajstić information content (AvgIpc) is 2.72. The molecule has 1 aromatic carbocycles. The third-order valence-electron chi connectivity index (χ3n) is 2.01. The highest BCUT2D eigenvalue weighted by Crippen LogP contribution is 2.25. The van der Waals surface area contributed by atoms with Crippen molar-refractivity contribution in [2.45, 2.75) is 13.5 Å². The van der Waals surface area contributed by atoms with Gasteiger partial charge in [0.05, 0.1) is 5.02 Å². The maximum atomic E-state index is 8.93. The van der Waals surface area contributed by atoms with Crippen LogP contribution in [0.5, 0.6) is 5.75 Å². The first-order valence-corrected chi connectivity index (χ1v) is 5.19. The number of hydrogen-bond donors (Lipinski definition) is 0. The molecule has 6 heteroatoms. The van der Waals surface area contributed by atoms with Gasteiger partial charge in [0.2, 0.25) is 5.89 Å². The molecule has 0 aliphatic rings. The van der Waals surface area contributed by atoms with E-state index in [2.05, 4.69) is 10.2 Å². The van der Waals surface area contributed by atoms with Crippen molar-refractivity contribution >= 4 is 11.6 Å². The van der Waals surface area contributed by atoms with E-state index in [-0.39, 0.29) is 6.61 Å². The van der Waals surface area contributed by atoms with E-state index < -0.39 is 0 Å². The topological polar surface area (TPSA) is 71.9 Å². The molecule has 0 atom stereocenters. The molecule has 0 saturated heterocycles. The van der Waals surface area contributed by atoms with Gasteiger partial charge in [-0.15, -0.1) is 10.2 Å². The van der Waals surface area contributed by atoms with Crippen LogP contribution in [0.15, 0.2) is 22.6 Å². The molecule has 0 fully saturated rings. The fourth-order valence-corrected chi connectivity index (χ4v) is 1.48. The highest BCUT2D eigenvalue weighted by Gasteiger charge is 2.09. The molecule has 17 heavy (non-hydrogen) atoms. The quantitative estimate of drug-likeness (QED) is 0.836. The third-order valence-corrected chi connectivity index (χ3v) is 2.32. The molecule has 0 saturated carbocycles. The van der Waals surface area contributed by atoms with Gasteiger partial charge in [0.25, 0.3) is 5.89 Å². The van der Waals surface area contributed by atoms with Crippen molar-refractivity contribution in [3.05, 3.63) is 40.6 Å². The number of rotatable bonds is 3. The fourth-order valence-electron chi connectivity index (χ4n) is 1.27. The summed E-state index contributed by atoms with van der Waals surface area (Å²) in [6, 6.07) is 6.98. The predicted octanol–water partition coefficient (Wildman–Crippen LogP) is 2.48. The van der Waals surface area contributed by atoms with Gasteiger partial charge in [0, 0.05) is 6.92 Å². The number of benzene rings is 1. The average molecular weight is 250 g/mol. The lowest BCUT2D eigenvalue weighted by atomic mass is 10.2. The van der Waals surface area contributed by atoms with Gasteiger partial charge in [0.1, 0.15) is 17.4 Å². The van der Waals surface area contributed by atoms with Gasteiger partial charge in [-0.05, 0) is 12.1 Å². The SMILES string of the molecule is Cc1nnc(COc2cccc(Cl)c2C#N)o1. The van der Waals surface area contributed by atoms with Gasteiger partial charge in [0.15, 0.2) is 6.61 Å². The minimum absolute atomic E-state index is 0.107. The van der Waals surface area contributed by atoms with E-state index >= 15 is 0 Å². The van der Waals surface area contributed by atoms with E-state index in [1.807, 2.05) is 6.07 Å². The number of ether oxygens (including phenoxy) is 1. The zero-order chi connectivity index (χ0) is 12.3. The standard InChI is InChI=1S/C11H8ClN3O2/c1-7-14-15-11(17-7)6-16-10-4-2-3-9(12)8(10)5-13/h2-4H,6H2,1H3. The molecule has 0 radical (unpaired) electrons. The van der Waals surface area contributed by atoms with Crippen molar-refractivity contribution in [1.29, 1.82) is 5.26 Å². The van der Waals surface area contributed by atoms with Crippen molar-refractivity contribution in [2.75, 3.05) is 0 Å². The van der Waals surface area contributed by atoms with Crippen molar-refractivity contribution in [2.24, 2.45) is 0 Å². The minimum Gasteiger partial charge on any atom is -0.482 e. The lowest BCUT2D eigenvalue weighted by molar-refractivity contribution is 0.260. The molecule has 0 unspecified atom stereocenters. The maximum absolute atomic E-state index is 8.93. The van der Waals surface area contributed by atoms with E-state index in [1.54, 1.807) is 25.1 Å². The number of hydrogen-bond acceptors (Lipinski definition) is 5. The van der Waals surface area contributed by atoms with Crippen molar-refractivity contribution in [3.63, 3.8) is 0 Å². The Morgan fingerprint density at radius 1 is 1.47 bits per heavy atom. The van der Waals surface area contributed by atoms with Crippen LogP contribution in [0.25, 0.3) is 0 Å². The Labute approximate surface area is 103 Å². The van der Waals surface area contributed by atoms with E-state index in [0.717, 1.165) is 0 Å². The van der Waals surface area contributed by atoms with Gasteiger partial charge in [-0.25, -0.2) is 0 Å². The third kappa shape index (κ3) is 2.55. The summed E-state index contributed by atoms with van der Waals surface area (Å²) >= 11 is 5.86. The molecule has 2 rings (SSSR count). The molecule has 2 aromatic rings. The van der Waals surface area contributed by atoms with Crippen molar-refractivity contribution in [1.82, 2.24) is 10.2 Å². The Balaban J connectivity index is 2.14. The molecule has 0 bridgehead atoms. The molecule has 0 aliphatic carbocycles. The smallest absolute Gasteiger partial charge is 0.253 e. The van der Waals surface area contributed by atoms with Crippen LogP contribution < -0.4 is 4.74 Å². The lowest BCUT2D eigenvalue weighted by Crippen LogP contribution is -1.98. The molecule has 0 aliphatic heterocycles. The van der Waals surface area contributed by atoms with Crippen molar-refractivity contribution in [3.8, 4) is 11.8 Å². The number of nitrogens with zero attached hydrogens (tertiary/aromatic N) is 3. The van der Waals surface area contributed by atoms with Crippen LogP contribution >= 0.6 is 11.6 Å². The summed E-state index contributed by atoms with van der Waals surface area (Å²) in [5.41, 5.74) is 0.297. The van der Waals surface area contributed by atoms with E-state index in [4.69, 9.17) is 26.0 Å². The van der Waals surface area contributed by atoms with Gasteiger partial charge < -0.3 is 9.15 Å². The van der Waals surface area contributed by atoms with Crippen LogP contribution in [-0.4, -0.2) is 10.2 Å². The lowest BCUT2D eigenvalue weighted by Gasteiger charge is -2.05. The first-order chi connectivity index (χ1) is 8.20. The second-order valence-corrected chi connectivity index (χ2v) is 3.64. The Morgan fingerprint density at radius 2 is 2.29 bits per heavy atom. The summed E-state index contributed by atoms with van der Waals surface area (Å²) in [7, 11) is 0.